The van der Waals surface area contributed by atoms with E-state index in [0.717, 1.165) is 11.1 Å². The van der Waals surface area contributed by atoms with Crippen LogP contribution in [0.25, 0.3) is 11.1 Å². The summed E-state index contributed by atoms with van der Waals surface area (Å²) < 4.78 is 84.1. The molecule has 4 aliphatic rings. The number of non-ortho nitro benzene ring substituents is 1. The molecule has 0 aromatic heterocycles. The van der Waals surface area contributed by atoms with E-state index in [1.54, 1.807) is 54.6 Å². The van der Waals surface area contributed by atoms with Gasteiger partial charge in [-0.1, -0.05) is 127 Å². The largest absolute Gasteiger partial charge is 0.466 e. The minimum absolute atomic E-state index is 0.0324. The Balaban J connectivity index is 0.815. The Morgan fingerprint density at radius 2 is 0.915 bits per heavy atom. The van der Waals surface area contributed by atoms with Crippen LogP contribution < -0.4 is 0 Å². The van der Waals surface area contributed by atoms with Crippen LogP contribution in [0.15, 0.2) is 226 Å². The van der Waals surface area contributed by atoms with Crippen molar-refractivity contribution in [3.8, 4) is 11.1 Å². The van der Waals surface area contributed by atoms with Crippen LogP contribution in [-0.2, 0) is 64.7 Å². The third-order valence-corrected chi connectivity index (χ3v) is 19.1. The number of carbonyl (C=O) groups excluding carboxylic acids is 2. The number of carbonyl (C=O) groups is 2. The first-order valence-corrected chi connectivity index (χ1v) is 29.9. The van der Waals surface area contributed by atoms with E-state index in [9.17, 15) is 26.9 Å². The SMILES string of the molecule is O=C1N(CCS(=O)(=O)c2ccc(-c3ccc(C4=N[C@]5(Cc6ccccc6)C(=O)N(CCS(=O)(=O)c6ccccc6)Cc6cc([N+](=O)[O-])ccc6[C@@H]5O4)cc3)cc2)Cc2cc(F)ccc2[C@@H]2OC(c3ccccc3)=N[C@]12Cc1ccccc1. The van der Waals surface area contributed by atoms with Gasteiger partial charge in [0.25, 0.3) is 17.5 Å². The normalized spacial score (nSPS) is 20.2. The second-order valence-electron chi connectivity index (χ2n) is 20.9. The fraction of sp³-hybridized carbons (Fsp3) is 0.188. The fourth-order valence-electron chi connectivity index (χ4n) is 11.5. The molecule has 12 rings (SSSR count). The van der Waals surface area contributed by atoms with Crippen LogP contribution in [0.3, 0.4) is 0 Å². The van der Waals surface area contributed by atoms with Gasteiger partial charge < -0.3 is 19.3 Å². The van der Waals surface area contributed by atoms with Crippen molar-refractivity contribution < 1.29 is 45.2 Å². The maximum atomic E-state index is 15.3. The van der Waals surface area contributed by atoms with Gasteiger partial charge in [-0.15, -0.1) is 0 Å². The predicted molar refractivity (Wildman–Crippen MR) is 306 cm³/mol. The number of nitro groups is 1. The first kappa shape index (κ1) is 53.5. The second kappa shape index (κ2) is 21.4. The van der Waals surface area contributed by atoms with Crippen molar-refractivity contribution in [2.24, 2.45) is 9.98 Å². The number of rotatable bonds is 16. The first-order chi connectivity index (χ1) is 39.6. The van der Waals surface area contributed by atoms with Gasteiger partial charge in [0.05, 0.1) is 26.2 Å². The maximum absolute atomic E-state index is 15.3. The molecule has 0 radical (unpaired) electrons. The number of aliphatic imine (C=N–C) groups is 2. The minimum atomic E-state index is -4.02. The third-order valence-electron chi connectivity index (χ3n) is 15.7. The predicted octanol–water partition coefficient (Wildman–Crippen LogP) is 10.0. The number of sulfone groups is 2. The van der Waals surface area contributed by atoms with Gasteiger partial charge >= 0.3 is 0 Å². The zero-order chi connectivity index (χ0) is 56.8. The minimum Gasteiger partial charge on any atom is -0.466 e. The van der Waals surface area contributed by atoms with Gasteiger partial charge in [0.2, 0.25) is 11.8 Å². The lowest BCUT2D eigenvalue weighted by Crippen LogP contribution is -2.50. The van der Waals surface area contributed by atoms with Gasteiger partial charge in [0.15, 0.2) is 43.0 Å². The molecule has 8 aromatic rings. The molecule has 0 unspecified atom stereocenters. The van der Waals surface area contributed by atoms with E-state index < -0.39 is 77.0 Å². The topological polar surface area (TPSA) is 195 Å². The third kappa shape index (κ3) is 10.1. The lowest BCUT2D eigenvalue weighted by Gasteiger charge is -2.32. The highest BCUT2D eigenvalue weighted by Gasteiger charge is 2.58. The van der Waals surface area contributed by atoms with Crippen LogP contribution in [0, 0.1) is 15.9 Å². The summed E-state index contributed by atoms with van der Waals surface area (Å²) in [7, 11) is -7.87. The van der Waals surface area contributed by atoms with Crippen LogP contribution in [0.5, 0.6) is 0 Å². The van der Waals surface area contributed by atoms with Crippen molar-refractivity contribution in [2.45, 2.75) is 59.0 Å². The number of hydrogen-bond donors (Lipinski definition) is 0. The Kier molecular flexibility index (Phi) is 14.0. The first-order valence-electron chi connectivity index (χ1n) is 26.6. The number of amides is 2. The zero-order valence-electron chi connectivity index (χ0n) is 44.0. The van der Waals surface area contributed by atoms with Crippen molar-refractivity contribution in [1.82, 2.24) is 9.80 Å². The van der Waals surface area contributed by atoms with Crippen molar-refractivity contribution in [1.29, 1.82) is 0 Å². The molecular weight excluding hydrogens is 1080 g/mol. The van der Waals surface area contributed by atoms with Crippen molar-refractivity contribution in [3.05, 3.63) is 267 Å². The molecule has 4 heterocycles. The molecule has 82 heavy (non-hydrogen) atoms. The molecule has 8 aromatic carbocycles. The lowest BCUT2D eigenvalue weighted by molar-refractivity contribution is -0.385. The van der Waals surface area contributed by atoms with Gasteiger partial charge in [-0.25, -0.2) is 31.2 Å². The smallest absolute Gasteiger partial charge is 0.269 e. The molecular formula is C64H52FN5O10S2. The summed E-state index contributed by atoms with van der Waals surface area (Å²) in [5, 5.41) is 12.1. The van der Waals surface area contributed by atoms with E-state index in [1.807, 2.05) is 103 Å². The summed E-state index contributed by atoms with van der Waals surface area (Å²) in [4.78, 5) is 55.3. The van der Waals surface area contributed by atoms with Gasteiger partial charge in [0.1, 0.15) is 5.82 Å². The van der Waals surface area contributed by atoms with Gasteiger partial charge in [-0.3, -0.25) is 19.7 Å². The maximum Gasteiger partial charge on any atom is 0.269 e. The zero-order valence-corrected chi connectivity index (χ0v) is 45.6. The molecule has 0 saturated carbocycles. The molecule has 15 nitrogen and oxygen atoms in total. The van der Waals surface area contributed by atoms with Crippen molar-refractivity contribution in [2.75, 3.05) is 24.6 Å². The molecule has 4 aliphatic heterocycles. The number of ether oxygens (including phenoxy) is 2. The number of fused-ring (bicyclic) bond motifs is 6. The van der Waals surface area contributed by atoms with E-state index in [2.05, 4.69) is 0 Å². The average molecular weight is 1130 g/mol. The van der Waals surface area contributed by atoms with E-state index in [-0.39, 0.29) is 66.3 Å². The second-order valence-corrected chi connectivity index (χ2v) is 25.1. The van der Waals surface area contributed by atoms with Crippen molar-refractivity contribution in [3.63, 3.8) is 0 Å². The fourth-order valence-corrected chi connectivity index (χ4v) is 14.0. The van der Waals surface area contributed by atoms with Crippen LogP contribution in [0.1, 0.15) is 56.7 Å². The van der Waals surface area contributed by atoms with Crippen LogP contribution in [0.4, 0.5) is 10.1 Å². The van der Waals surface area contributed by atoms with Gasteiger partial charge in [-0.2, -0.15) is 0 Å². The molecule has 2 amide bonds. The standard InChI is InChI=1S/C64H52FN5O10S2/c65-51-27-31-55-49(37-51)41-68(61(71)63(39-43-13-5-1-6-14-43)57(55)79-59(66-63)47-17-9-3-10-18-47)34-36-82(77,78)54-29-25-46(26-30-54)45-21-23-48(24-22-45)60-67-64(40-44-15-7-2-8-16-44)58(80-60)56-32-28-52(70(73)74)38-50(56)42-69(62(64)72)33-35-81(75,76)53-19-11-4-12-20-53/h1-32,37-38,57-58H,33-36,39-42H2/t57-,58-,63-,64-/m0/s1. The summed E-state index contributed by atoms with van der Waals surface area (Å²) in [6.07, 6.45) is -1.79. The molecule has 0 N–H and O–H groups in total. The highest BCUT2D eigenvalue weighted by Crippen LogP contribution is 2.49. The molecule has 0 saturated heterocycles. The molecule has 0 spiro atoms. The number of benzene rings is 8. The summed E-state index contributed by atoms with van der Waals surface area (Å²) in [5.41, 5.74) is 2.74. The van der Waals surface area contributed by atoms with Crippen LogP contribution >= 0.6 is 0 Å². The summed E-state index contributed by atoms with van der Waals surface area (Å²) in [6, 6.07) is 58.0. The van der Waals surface area contributed by atoms with Crippen LogP contribution in [0.2, 0.25) is 0 Å². The Morgan fingerprint density at radius 3 is 1.40 bits per heavy atom. The Hall–Kier alpha value is -9.13. The molecule has 18 heteroatoms. The van der Waals surface area contributed by atoms with E-state index in [0.29, 0.717) is 44.5 Å². The summed E-state index contributed by atoms with van der Waals surface area (Å²) in [6.45, 7) is -0.633. The quantitative estimate of drug-likeness (QED) is 0.0664. The summed E-state index contributed by atoms with van der Waals surface area (Å²) >= 11 is 0. The Bertz CT molecular complexity index is 4080. The number of hydrogen-bond acceptors (Lipinski definition) is 12. The van der Waals surface area contributed by atoms with E-state index in [4.69, 9.17) is 19.5 Å². The lowest BCUT2D eigenvalue weighted by atomic mass is 9.81. The molecule has 0 aliphatic carbocycles. The van der Waals surface area contributed by atoms with Gasteiger partial charge in [0, 0.05) is 73.4 Å². The Morgan fingerprint density at radius 1 is 0.512 bits per heavy atom. The van der Waals surface area contributed by atoms with Gasteiger partial charge in [-0.05, 0) is 100 Å². The Labute approximate surface area is 473 Å². The highest BCUT2D eigenvalue weighted by atomic mass is 32.2. The number of nitrogens with zero attached hydrogens (tertiary/aromatic N) is 5. The van der Waals surface area contributed by atoms with Crippen LogP contribution in [-0.4, -0.2) is 90.8 Å². The molecule has 0 bridgehead atoms. The van der Waals surface area contributed by atoms with E-state index in [1.165, 1.54) is 58.3 Å². The molecule has 412 valence electrons. The molecule has 4 atom stereocenters. The van der Waals surface area contributed by atoms with E-state index >= 15 is 14.0 Å². The highest BCUT2D eigenvalue weighted by molar-refractivity contribution is 7.91. The monoisotopic (exact) mass is 1130 g/mol. The number of halogens is 1. The average Bonchev–Trinajstić information content (AvgIpc) is 4.19. The number of nitro benzene ring substituents is 1. The van der Waals surface area contributed by atoms with Crippen molar-refractivity contribution >= 4 is 49.0 Å². The molecule has 0 fully saturated rings. The summed E-state index contributed by atoms with van der Waals surface area (Å²) in [5.74, 6) is -1.91.